The van der Waals surface area contributed by atoms with Gasteiger partial charge in [0.1, 0.15) is 0 Å². The highest BCUT2D eigenvalue weighted by Gasteiger charge is 2.21. The van der Waals surface area contributed by atoms with Gasteiger partial charge in [-0.2, -0.15) is 0 Å². The number of rotatable bonds is 4. The number of nitrogens with one attached hydrogen (secondary N) is 2. The summed E-state index contributed by atoms with van der Waals surface area (Å²) in [4.78, 5) is 12.0. The molecular formula is C15H22BrN3OS. The zero-order valence-electron chi connectivity index (χ0n) is 12.4. The predicted octanol–water partition coefficient (Wildman–Crippen LogP) is 4.09. The van der Waals surface area contributed by atoms with Crippen molar-refractivity contribution in [1.82, 2.24) is 9.62 Å². The molecule has 1 aromatic carbocycles. The minimum Gasteiger partial charge on any atom is -0.335 e. The van der Waals surface area contributed by atoms with Gasteiger partial charge in [0, 0.05) is 34.5 Å². The number of halogens is 1. The zero-order valence-corrected chi connectivity index (χ0v) is 14.8. The molecule has 1 heterocycles. The minimum atomic E-state index is -0.118. The van der Waals surface area contributed by atoms with E-state index >= 15 is 0 Å². The van der Waals surface area contributed by atoms with Crippen LogP contribution in [-0.2, 0) is 0 Å². The van der Waals surface area contributed by atoms with Crippen LogP contribution in [0.15, 0.2) is 28.7 Å². The molecule has 1 aliphatic heterocycles. The second kappa shape index (κ2) is 8.06. The van der Waals surface area contributed by atoms with Crippen molar-refractivity contribution in [3.63, 3.8) is 0 Å². The number of anilines is 1. The van der Waals surface area contributed by atoms with Crippen molar-refractivity contribution in [3.8, 4) is 0 Å². The van der Waals surface area contributed by atoms with Gasteiger partial charge in [0.15, 0.2) is 0 Å². The first-order valence-electron chi connectivity index (χ1n) is 7.28. The summed E-state index contributed by atoms with van der Waals surface area (Å²) in [6, 6.07) is 7.74. The highest BCUT2D eigenvalue weighted by molar-refractivity contribution is 9.10. The first kappa shape index (κ1) is 16.6. The molecule has 0 saturated carbocycles. The number of hydrogen-bond acceptors (Lipinski definition) is 3. The van der Waals surface area contributed by atoms with Crippen LogP contribution in [0.5, 0.6) is 0 Å². The first-order chi connectivity index (χ1) is 10.0. The van der Waals surface area contributed by atoms with Crippen molar-refractivity contribution in [3.05, 3.63) is 28.7 Å². The second-order valence-electron chi connectivity index (χ2n) is 5.46. The Balaban J connectivity index is 1.73. The van der Waals surface area contributed by atoms with Gasteiger partial charge in [0.25, 0.3) is 0 Å². The van der Waals surface area contributed by atoms with Crippen LogP contribution in [0.3, 0.4) is 0 Å². The van der Waals surface area contributed by atoms with Gasteiger partial charge in [-0.1, -0.05) is 41.7 Å². The van der Waals surface area contributed by atoms with Gasteiger partial charge in [-0.3, -0.25) is 4.31 Å². The van der Waals surface area contributed by atoms with E-state index in [1.54, 1.807) is 0 Å². The molecule has 116 valence electrons. The van der Waals surface area contributed by atoms with Gasteiger partial charge < -0.3 is 10.6 Å². The van der Waals surface area contributed by atoms with E-state index in [1.165, 1.54) is 0 Å². The molecule has 1 aliphatic rings. The molecular weight excluding hydrogens is 350 g/mol. The van der Waals surface area contributed by atoms with E-state index in [2.05, 4.69) is 44.7 Å². The predicted molar refractivity (Wildman–Crippen MR) is 93.6 cm³/mol. The third-order valence-corrected chi connectivity index (χ3v) is 4.86. The molecule has 0 spiro atoms. The maximum absolute atomic E-state index is 12.0. The molecule has 0 bridgehead atoms. The third kappa shape index (κ3) is 5.88. The molecule has 1 aromatic rings. The lowest BCUT2D eigenvalue weighted by Gasteiger charge is -2.32. The van der Waals surface area contributed by atoms with Crippen LogP contribution in [0.2, 0.25) is 0 Å². The van der Waals surface area contributed by atoms with E-state index in [4.69, 9.17) is 0 Å². The molecule has 2 rings (SSSR count). The van der Waals surface area contributed by atoms with Crippen molar-refractivity contribution in [2.75, 3.05) is 18.4 Å². The summed E-state index contributed by atoms with van der Waals surface area (Å²) in [5.74, 6) is 0. The van der Waals surface area contributed by atoms with Gasteiger partial charge in [0.2, 0.25) is 0 Å². The van der Waals surface area contributed by atoms with E-state index < -0.39 is 0 Å². The number of amides is 2. The van der Waals surface area contributed by atoms with Crippen molar-refractivity contribution in [2.24, 2.45) is 0 Å². The molecule has 0 aromatic heterocycles. The molecule has 6 heteroatoms. The molecule has 0 atom stereocenters. The highest BCUT2D eigenvalue weighted by atomic mass is 79.9. The van der Waals surface area contributed by atoms with Crippen molar-refractivity contribution < 1.29 is 4.79 Å². The summed E-state index contributed by atoms with van der Waals surface area (Å²) >= 11 is 5.28. The van der Waals surface area contributed by atoms with Crippen LogP contribution >= 0.6 is 27.9 Å². The summed E-state index contributed by atoms with van der Waals surface area (Å²) in [6.45, 7) is 6.49. The fourth-order valence-corrected chi connectivity index (χ4v) is 3.57. The number of benzene rings is 1. The van der Waals surface area contributed by atoms with Crippen LogP contribution in [0.1, 0.15) is 26.7 Å². The van der Waals surface area contributed by atoms with Crippen molar-refractivity contribution in [1.29, 1.82) is 0 Å². The number of hydrogen-bond donors (Lipinski definition) is 2. The summed E-state index contributed by atoms with van der Waals surface area (Å²) in [6.07, 6.45) is 2.01. The Morgan fingerprint density at radius 2 is 1.90 bits per heavy atom. The summed E-state index contributed by atoms with van der Waals surface area (Å²) in [5, 5.41) is 6.55. The van der Waals surface area contributed by atoms with Crippen LogP contribution in [-0.4, -0.2) is 34.7 Å². The lowest BCUT2D eigenvalue weighted by atomic mass is 10.1. The second-order valence-corrected chi connectivity index (χ2v) is 8.05. The standard InChI is InChI=1S/C15H22BrN3OS/c1-11(2)21-19-9-7-14(8-10-19)18-15(20)17-13-5-3-12(16)4-6-13/h3-6,11,14H,7-10H2,1-2H3,(H2,17,18,20). The minimum absolute atomic E-state index is 0.118. The number of nitrogens with zero attached hydrogens (tertiary/aromatic N) is 1. The fourth-order valence-electron chi connectivity index (χ4n) is 2.29. The van der Waals surface area contributed by atoms with Gasteiger partial charge in [0.05, 0.1) is 0 Å². The number of carbonyl (C=O) groups excluding carboxylic acids is 1. The van der Waals surface area contributed by atoms with Crippen molar-refractivity contribution in [2.45, 2.75) is 38.0 Å². The Labute approximate surface area is 139 Å². The zero-order chi connectivity index (χ0) is 15.2. The number of urea groups is 1. The Hall–Kier alpha value is -0.720. The van der Waals surface area contributed by atoms with Gasteiger partial charge in [-0.25, -0.2) is 4.79 Å². The average Bonchev–Trinajstić information content (AvgIpc) is 2.43. The topological polar surface area (TPSA) is 44.4 Å². The molecule has 0 unspecified atom stereocenters. The molecule has 1 fully saturated rings. The SMILES string of the molecule is CC(C)SN1CCC(NC(=O)Nc2ccc(Br)cc2)CC1. The largest absolute Gasteiger partial charge is 0.335 e. The molecule has 2 N–H and O–H groups in total. The lowest BCUT2D eigenvalue weighted by Crippen LogP contribution is -2.44. The van der Waals surface area contributed by atoms with Crippen LogP contribution in [0, 0.1) is 0 Å². The maximum Gasteiger partial charge on any atom is 0.319 e. The van der Waals surface area contributed by atoms with Crippen LogP contribution in [0.4, 0.5) is 10.5 Å². The summed E-state index contributed by atoms with van der Waals surface area (Å²) < 4.78 is 3.40. The van der Waals surface area contributed by atoms with E-state index in [0.717, 1.165) is 36.1 Å². The molecule has 0 radical (unpaired) electrons. The Morgan fingerprint density at radius 1 is 1.29 bits per heavy atom. The number of piperidine rings is 1. The Kier molecular flexibility index (Phi) is 6.39. The van der Waals surface area contributed by atoms with Crippen molar-refractivity contribution >= 4 is 39.6 Å². The van der Waals surface area contributed by atoms with E-state index in [9.17, 15) is 4.79 Å². The van der Waals surface area contributed by atoms with Gasteiger partial charge in [-0.05, 0) is 37.1 Å². The smallest absolute Gasteiger partial charge is 0.319 e. The first-order valence-corrected chi connectivity index (χ1v) is 8.90. The number of carbonyl (C=O) groups is 1. The lowest BCUT2D eigenvalue weighted by molar-refractivity contribution is 0.240. The van der Waals surface area contributed by atoms with E-state index in [-0.39, 0.29) is 12.1 Å². The van der Waals surface area contributed by atoms with Crippen LogP contribution in [0.25, 0.3) is 0 Å². The summed E-state index contributed by atoms with van der Waals surface area (Å²) in [5.41, 5.74) is 0.809. The van der Waals surface area contributed by atoms with E-state index in [0.29, 0.717) is 5.25 Å². The molecule has 0 aliphatic carbocycles. The molecule has 1 saturated heterocycles. The monoisotopic (exact) mass is 371 g/mol. The molecule has 21 heavy (non-hydrogen) atoms. The maximum atomic E-state index is 12.0. The van der Waals surface area contributed by atoms with E-state index in [1.807, 2.05) is 36.2 Å². The quantitative estimate of drug-likeness (QED) is 0.783. The molecule has 2 amide bonds. The normalized spacial score (nSPS) is 17.0. The third-order valence-electron chi connectivity index (χ3n) is 3.25. The Morgan fingerprint density at radius 3 is 2.48 bits per heavy atom. The molecule has 4 nitrogen and oxygen atoms in total. The van der Waals surface area contributed by atoms with Gasteiger partial charge >= 0.3 is 6.03 Å². The average molecular weight is 372 g/mol. The highest BCUT2D eigenvalue weighted by Crippen LogP contribution is 2.22. The summed E-state index contributed by atoms with van der Waals surface area (Å²) in [7, 11) is 0. The Bertz CT molecular complexity index is 458. The van der Waals surface area contributed by atoms with Gasteiger partial charge in [-0.15, -0.1) is 0 Å². The fraction of sp³-hybridized carbons (Fsp3) is 0.533. The van der Waals surface area contributed by atoms with Crippen LogP contribution < -0.4 is 10.6 Å².